The number of benzene rings is 4. The Kier molecular flexibility index (Phi) is 5.00. The minimum Gasteiger partial charge on any atom is -0.338 e. The Morgan fingerprint density at radius 3 is 2.38 bits per heavy atom. The molecule has 6 rings (SSSR count). The van der Waals surface area contributed by atoms with Crippen LogP contribution in [-0.4, -0.2) is 19.5 Å². The predicted molar refractivity (Wildman–Crippen MR) is 138 cm³/mol. The number of aryl methyl sites for hydroxylation is 1. The predicted octanol–water partition coefficient (Wildman–Crippen LogP) is 6.75. The van der Waals surface area contributed by atoms with E-state index in [-0.39, 0.29) is 0 Å². The maximum Gasteiger partial charge on any atom is 0.166 e. The van der Waals surface area contributed by atoms with Gasteiger partial charge in [0.1, 0.15) is 12.2 Å². The molecule has 1 N–H and O–H groups in total. The van der Waals surface area contributed by atoms with Crippen LogP contribution in [0.15, 0.2) is 103 Å². The van der Waals surface area contributed by atoms with E-state index in [2.05, 4.69) is 106 Å². The lowest BCUT2D eigenvalue weighted by atomic mass is 10.1. The second-order valence-electron chi connectivity index (χ2n) is 8.42. The first-order valence-electron chi connectivity index (χ1n) is 11.3. The molecule has 5 nitrogen and oxygen atoms in total. The van der Waals surface area contributed by atoms with Gasteiger partial charge < -0.3 is 9.88 Å². The van der Waals surface area contributed by atoms with Gasteiger partial charge in [0.2, 0.25) is 0 Å². The third kappa shape index (κ3) is 3.67. The largest absolute Gasteiger partial charge is 0.338 e. The second kappa shape index (κ2) is 8.45. The molecule has 34 heavy (non-hydrogen) atoms. The third-order valence-electron chi connectivity index (χ3n) is 6.07. The minimum atomic E-state index is 0.672. The van der Waals surface area contributed by atoms with Crippen molar-refractivity contribution in [2.75, 3.05) is 5.32 Å². The van der Waals surface area contributed by atoms with E-state index in [0.717, 1.165) is 33.6 Å². The Morgan fingerprint density at radius 1 is 0.765 bits per heavy atom. The summed E-state index contributed by atoms with van der Waals surface area (Å²) >= 11 is 0. The van der Waals surface area contributed by atoms with E-state index in [1.807, 2.05) is 18.2 Å². The fourth-order valence-corrected chi connectivity index (χ4v) is 4.33. The van der Waals surface area contributed by atoms with Crippen LogP contribution in [0.3, 0.4) is 0 Å². The molecule has 0 saturated carbocycles. The summed E-state index contributed by atoms with van der Waals surface area (Å²) in [6.45, 7) is 2.76. The summed E-state index contributed by atoms with van der Waals surface area (Å²) in [5.41, 5.74) is 6.01. The first-order chi connectivity index (χ1) is 16.8. The van der Waals surface area contributed by atoms with Crippen LogP contribution in [0.5, 0.6) is 0 Å². The van der Waals surface area contributed by atoms with Crippen LogP contribution in [0.4, 0.5) is 11.5 Å². The number of hydrogen-bond acceptors (Lipinski definition) is 4. The van der Waals surface area contributed by atoms with Gasteiger partial charge in [-0.25, -0.2) is 15.0 Å². The van der Waals surface area contributed by atoms with Gasteiger partial charge in [0.25, 0.3) is 0 Å². The maximum atomic E-state index is 5.06. The summed E-state index contributed by atoms with van der Waals surface area (Å²) in [6.07, 6.45) is 1.61. The van der Waals surface area contributed by atoms with E-state index in [1.54, 1.807) is 6.33 Å². The molecule has 0 aliphatic carbocycles. The smallest absolute Gasteiger partial charge is 0.166 e. The molecule has 0 radical (unpaired) electrons. The summed E-state index contributed by atoms with van der Waals surface area (Å²) in [5.74, 6) is 1.57. The van der Waals surface area contributed by atoms with Gasteiger partial charge in [-0.1, -0.05) is 96.6 Å². The average molecular weight is 442 g/mol. The highest BCUT2D eigenvalue weighted by Crippen LogP contribution is 2.31. The molecule has 0 aliphatic rings. The lowest BCUT2D eigenvalue weighted by molar-refractivity contribution is 0.822. The molecular weight excluding hydrogens is 418 g/mol. The summed E-state index contributed by atoms with van der Waals surface area (Å²) in [5, 5.41) is 5.84. The number of anilines is 2. The van der Waals surface area contributed by atoms with Gasteiger partial charge in [-0.2, -0.15) is 0 Å². The van der Waals surface area contributed by atoms with Gasteiger partial charge in [-0.3, -0.25) is 0 Å². The van der Waals surface area contributed by atoms with Crippen LogP contribution < -0.4 is 5.32 Å². The molecule has 0 atom stereocenters. The van der Waals surface area contributed by atoms with Crippen LogP contribution in [0.2, 0.25) is 0 Å². The third-order valence-corrected chi connectivity index (χ3v) is 6.07. The number of nitrogens with one attached hydrogen (secondary N) is 1. The molecule has 0 aliphatic heterocycles. The quantitative estimate of drug-likeness (QED) is 0.322. The van der Waals surface area contributed by atoms with Crippen LogP contribution >= 0.6 is 0 Å². The summed E-state index contributed by atoms with van der Waals surface area (Å²) in [7, 11) is 0. The molecule has 0 bridgehead atoms. The first kappa shape index (κ1) is 20.1. The molecule has 2 heterocycles. The standard InChI is InChI=1S/C29H23N5/c1-20-14-16-23(17-15-20)28-33-26-27(32-25-13-7-11-22-10-5-6-12-24(22)25)30-19-31-29(26)34(28)18-21-8-3-2-4-9-21/h2-17,19H,18H2,1H3,(H,30,31,32). The summed E-state index contributed by atoms with van der Waals surface area (Å²) in [6, 6.07) is 33.4. The Balaban J connectivity index is 1.52. The number of hydrogen-bond donors (Lipinski definition) is 1. The highest BCUT2D eigenvalue weighted by molar-refractivity contribution is 5.97. The maximum absolute atomic E-state index is 5.06. The lowest BCUT2D eigenvalue weighted by Crippen LogP contribution is -2.03. The van der Waals surface area contributed by atoms with Gasteiger partial charge in [-0.05, 0) is 23.9 Å². The number of rotatable bonds is 5. The SMILES string of the molecule is Cc1ccc(-c2nc3c(Nc4cccc5ccccc45)ncnc3n2Cc2ccccc2)cc1. The molecule has 0 fully saturated rings. The number of fused-ring (bicyclic) bond motifs is 2. The van der Waals surface area contributed by atoms with Crippen molar-refractivity contribution in [3.63, 3.8) is 0 Å². The van der Waals surface area contributed by atoms with Crippen molar-refractivity contribution in [1.82, 2.24) is 19.5 Å². The minimum absolute atomic E-state index is 0.672. The topological polar surface area (TPSA) is 55.6 Å². The van der Waals surface area contributed by atoms with Crippen molar-refractivity contribution in [3.05, 3.63) is 115 Å². The average Bonchev–Trinajstić information content (AvgIpc) is 3.24. The van der Waals surface area contributed by atoms with E-state index in [1.165, 1.54) is 16.5 Å². The monoisotopic (exact) mass is 441 g/mol. The van der Waals surface area contributed by atoms with Gasteiger partial charge in [0.05, 0.1) is 6.54 Å². The van der Waals surface area contributed by atoms with Gasteiger partial charge in [-0.15, -0.1) is 0 Å². The molecule has 0 unspecified atom stereocenters. The Morgan fingerprint density at radius 2 is 1.53 bits per heavy atom. The molecule has 0 amide bonds. The van der Waals surface area contributed by atoms with Crippen LogP contribution in [0.25, 0.3) is 33.3 Å². The van der Waals surface area contributed by atoms with Crippen molar-refractivity contribution in [2.45, 2.75) is 13.5 Å². The van der Waals surface area contributed by atoms with Gasteiger partial charge in [0, 0.05) is 16.6 Å². The highest BCUT2D eigenvalue weighted by atomic mass is 15.2. The second-order valence-corrected chi connectivity index (χ2v) is 8.42. The molecule has 5 heteroatoms. The molecule has 0 spiro atoms. The summed E-state index contributed by atoms with van der Waals surface area (Å²) < 4.78 is 2.17. The van der Waals surface area contributed by atoms with E-state index in [4.69, 9.17) is 4.98 Å². The van der Waals surface area contributed by atoms with Crippen molar-refractivity contribution >= 4 is 33.4 Å². The number of imidazole rings is 1. The Hall–Kier alpha value is -4.51. The number of aromatic nitrogens is 4. The molecule has 0 saturated heterocycles. The van der Waals surface area contributed by atoms with Crippen LogP contribution in [0, 0.1) is 6.92 Å². The number of nitrogens with zero attached hydrogens (tertiary/aromatic N) is 4. The fourth-order valence-electron chi connectivity index (χ4n) is 4.33. The zero-order chi connectivity index (χ0) is 22.9. The molecule has 164 valence electrons. The van der Waals surface area contributed by atoms with E-state index in [9.17, 15) is 0 Å². The Bertz CT molecular complexity index is 1600. The molecular formula is C29H23N5. The van der Waals surface area contributed by atoms with E-state index >= 15 is 0 Å². The summed E-state index contributed by atoms with van der Waals surface area (Å²) in [4.78, 5) is 14.3. The normalized spacial score (nSPS) is 11.2. The van der Waals surface area contributed by atoms with Crippen molar-refractivity contribution in [3.8, 4) is 11.4 Å². The molecule has 6 aromatic rings. The van der Waals surface area contributed by atoms with Crippen molar-refractivity contribution in [1.29, 1.82) is 0 Å². The zero-order valence-corrected chi connectivity index (χ0v) is 18.8. The van der Waals surface area contributed by atoms with E-state index in [0.29, 0.717) is 12.4 Å². The highest BCUT2D eigenvalue weighted by Gasteiger charge is 2.18. The zero-order valence-electron chi connectivity index (χ0n) is 18.8. The molecule has 2 aromatic heterocycles. The first-order valence-corrected chi connectivity index (χ1v) is 11.3. The van der Waals surface area contributed by atoms with Crippen molar-refractivity contribution < 1.29 is 0 Å². The van der Waals surface area contributed by atoms with Crippen molar-refractivity contribution in [2.24, 2.45) is 0 Å². The van der Waals surface area contributed by atoms with Gasteiger partial charge in [0.15, 0.2) is 17.0 Å². The van der Waals surface area contributed by atoms with Crippen LogP contribution in [0.1, 0.15) is 11.1 Å². The fraction of sp³-hybridized carbons (Fsp3) is 0.0690. The van der Waals surface area contributed by atoms with E-state index < -0.39 is 0 Å². The lowest BCUT2D eigenvalue weighted by Gasteiger charge is -2.10. The van der Waals surface area contributed by atoms with Gasteiger partial charge >= 0.3 is 0 Å². The molecule has 4 aromatic carbocycles. The Labute approximate surface area is 197 Å². The van der Waals surface area contributed by atoms with Crippen LogP contribution in [-0.2, 0) is 6.54 Å².